The molecule has 12 heteroatoms. The van der Waals surface area contributed by atoms with Gasteiger partial charge in [0.25, 0.3) is 0 Å². The van der Waals surface area contributed by atoms with E-state index in [0.717, 1.165) is 67.4 Å². The Morgan fingerprint density at radius 2 is 1.30 bits per heavy atom. The summed E-state index contributed by atoms with van der Waals surface area (Å²) in [4.78, 5) is 11.7. The van der Waals surface area contributed by atoms with E-state index in [2.05, 4.69) is 47.0 Å². The number of fused-ring (bicyclic) bond motifs is 2. The molecule has 5 atom stereocenters. The standard InChI is InChI=1S/C45H52Cl2N2O8/c1-4-54-40-21-42(34(46)19-26(40)23-48-36-13-8-14-37(36)51)56-38-17-15-30-28(9-6-11-32(30)38)29-10-7-12-33-31(29)16-18-39(33)57-43-22-41(55-5-2)27(20-35(43)47)24-49-45(3,25-50)44(52)53/h6-7,9-12,19-22,36-39,48-51H,4-5,8,13-18,23-25H2,1-3H3,(H,52,53)/t36-,37+,38+,39+,45?/m1/s1. The third kappa shape index (κ3) is 8.72. The SMILES string of the molecule is CCOc1cc(O[C@H]2CCc3c(-c4cccc5c4CC[C@@H]5Oc4cc(OCC)c(CNC(C)(CO)C(=O)O)cc4Cl)cccc32)c(Cl)cc1CN[C@@H]1CCC[C@@H]1O. The van der Waals surface area contributed by atoms with Crippen LogP contribution in [0.2, 0.25) is 10.0 Å². The number of aliphatic hydroxyl groups is 2. The van der Waals surface area contributed by atoms with Gasteiger partial charge < -0.3 is 39.6 Å². The Kier molecular flexibility index (Phi) is 12.9. The van der Waals surface area contributed by atoms with Crippen LogP contribution >= 0.6 is 23.2 Å². The minimum atomic E-state index is -1.52. The van der Waals surface area contributed by atoms with Crippen molar-refractivity contribution in [3.8, 4) is 34.1 Å². The Balaban J connectivity index is 1.09. The Morgan fingerprint density at radius 1 is 0.772 bits per heavy atom. The second-order valence-electron chi connectivity index (χ2n) is 15.3. The largest absolute Gasteiger partial charge is 0.493 e. The maximum absolute atomic E-state index is 11.7. The van der Waals surface area contributed by atoms with E-state index in [1.807, 2.05) is 26.0 Å². The molecule has 4 aromatic carbocycles. The van der Waals surface area contributed by atoms with E-state index in [1.54, 1.807) is 12.1 Å². The van der Waals surface area contributed by atoms with Crippen molar-refractivity contribution in [1.82, 2.24) is 10.6 Å². The number of hydrogen-bond donors (Lipinski definition) is 5. The lowest BCUT2D eigenvalue weighted by Crippen LogP contribution is -2.52. The topological polar surface area (TPSA) is 139 Å². The van der Waals surface area contributed by atoms with Gasteiger partial charge in [-0.2, -0.15) is 0 Å². The molecular formula is C45H52Cl2N2O8. The Morgan fingerprint density at radius 3 is 1.75 bits per heavy atom. The van der Waals surface area contributed by atoms with Crippen molar-refractivity contribution in [2.45, 2.75) is 109 Å². The molecule has 1 saturated carbocycles. The average molecular weight is 820 g/mol. The van der Waals surface area contributed by atoms with E-state index in [1.165, 1.54) is 29.2 Å². The highest BCUT2D eigenvalue weighted by atomic mass is 35.5. The van der Waals surface area contributed by atoms with E-state index in [0.29, 0.717) is 52.6 Å². The van der Waals surface area contributed by atoms with Crippen LogP contribution in [0.15, 0.2) is 60.7 Å². The minimum Gasteiger partial charge on any atom is -0.493 e. The molecule has 0 spiro atoms. The third-order valence-electron chi connectivity index (χ3n) is 11.6. The first-order valence-corrected chi connectivity index (χ1v) is 20.8. The molecule has 57 heavy (non-hydrogen) atoms. The predicted octanol–water partition coefficient (Wildman–Crippen LogP) is 8.52. The first-order valence-electron chi connectivity index (χ1n) is 20.0. The number of hydrogen-bond acceptors (Lipinski definition) is 9. The normalized spacial score (nSPS) is 20.8. The molecule has 0 heterocycles. The van der Waals surface area contributed by atoms with Crippen molar-refractivity contribution >= 4 is 29.2 Å². The smallest absolute Gasteiger partial charge is 0.326 e. The van der Waals surface area contributed by atoms with Crippen LogP contribution in [-0.4, -0.2) is 58.8 Å². The number of halogens is 2. The lowest BCUT2D eigenvalue weighted by Gasteiger charge is -2.25. The van der Waals surface area contributed by atoms with Gasteiger partial charge in [0.2, 0.25) is 0 Å². The zero-order valence-corrected chi connectivity index (χ0v) is 34.2. The molecule has 3 aliphatic carbocycles. The molecule has 0 aliphatic heterocycles. The molecule has 7 rings (SSSR count). The number of carboxylic acids is 1. The molecule has 304 valence electrons. The second-order valence-corrected chi connectivity index (χ2v) is 16.1. The molecule has 0 amide bonds. The predicted molar refractivity (Wildman–Crippen MR) is 221 cm³/mol. The molecule has 0 saturated heterocycles. The van der Waals surface area contributed by atoms with Crippen LogP contribution < -0.4 is 29.6 Å². The van der Waals surface area contributed by atoms with Gasteiger partial charge in [-0.25, -0.2) is 0 Å². The quantitative estimate of drug-likeness (QED) is 0.0705. The lowest BCUT2D eigenvalue weighted by molar-refractivity contribution is -0.145. The summed E-state index contributed by atoms with van der Waals surface area (Å²) in [6.45, 7) is 6.27. The molecule has 5 N–H and O–H groups in total. The van der Waals surface area contributed by atoms with Gasteiger partial charge in [0, 0.05) is 42.4 Å². The van der Waals surface area contributed by atoms with E-state index < -0.39 is 18.1 Å². The van der Waals surface area contributed by atoms with Crippen molar-refractivity contribution in [3.63, 3.8) is 0 Å². The maximum atomic E-state index is 11.7. The molecule has 10 nitrogen and oxygen atoms in total. The van der Waals surface area contributed by atoms with Crippen LogP contribution in [0, 0.1) is 0 Å². The van der Waals surface area contributed by atoms with Gasteiger partial charge in [0.05, 0.1) is 36.0 Å². The fourth-order valence-corrected chi connectivity index (χ4v) is 8.85. The summed E-state index contributed by atoms with van der Waals surface area (Å²) in [5.41, 5.74) is 7.24. The van der Waals surface area contributed by atoms with Crippen LogP contribution in [0.1, 0.15) is 98.5 Å². The summed E-state index contributed by atoms with van der Waals surface area (Å²) in [5.74, 6) is 1.18. The first-order chi connectivity index (χ1) is 27.5. The second kappa shape index (κ2) is 17.9. The van der Waals surface area contributed by atoms with Gasteiger partial charge in [0.15, 0.2) is 0 Å². The van der Waals surface area contributed by atoms with Crippen molar-refractivity contribution in [2.24, 2.45) is 0 Å². The minimum absolute atomic E-state index is 0.0704. The summed E-state index contributed by atoms with van der Waals surface area (Å²) in [7, 11) is 0. The monoisotopic (exact) mass is 818 g/mol. The summed E-state index contributed by atoms with van der Waals surface area (Å²) >= 11 is 13.7. The molecule has 3 aliphatic rings. The summed E-state index contributed by atoms with van der Waals surface area (Å²) in [6, 6.07) is 20.2. The lowest BCUT2D eigenvalue weighted by atomic mass is 9.91. The van der Waals surface area contributed by atoms with Crippen molar-refractivity contribution in [3.05, 3.63) is 104 Å². The number of benzene rings is 4. The van der Waals surface area contributed by atoms with E-state index in [9.17, 15) is 20.1 Å². The molecule has 1 unspecified atom stereocenters. The number of aliphatic hydroxyl groups excluding tert-OH is 2. The fourth-order valence-electron chi connectivity index (χ4n) is 8.39. The van der Waals surface area contributed by atoms with Gasteiger partial charge >= 0.3 is 5.97 Å². The van der Waals surface area contributed by atoms with Crippen LogP contribution in [0.4, 0.5) is 0 Å². The fraction of sp³-hybridized carbons (Fsp3) is 0.444. The molecular weight excluding hydrogens is 767 g/mol. The van der Waals surface area contributed by atoms with Crippen molar-refractivity contribution < 1.29 is 39.1 Å². The molecule has 0 aromatic heterocycles. The molecule has 1 fully saturated rings. The molecule has 0 radical (unpaired) electrons. The number of rotatable bonds is 17. The van der Waals surface area contributed by atoms with Crippen molar-refractivity contribution in [2.75, 3.05) is 19.8 Å². The van der Waals surface area contributed by atoms with Crippen LogP contribution in [0.3, 0.4) is 0 Å². The summed E-state index contributed by atoms with van der Waals surface area (Å²) in [6.07, 6.45) is 5.36. The zero-order valence-electron chi connectivity index (χ0n) is 32.7. The number of carbonyl (C=O) groups is 1. The highest BCUT2D eigenvalue weighted by Gasteiger charge is 2.34. The average Bonchev–Trinajstić information content (AvgIpc) is 3.94. The Bertz CT molecular complexity index is 2100. The molecule has 0 bridgehead atoms. The summed E-state index contributed by atoms with van der Waals surface area (Å²) in [5, 5.41) is 36.9. The highest BCUT2D eigenvalue weighted by molar-refractivity contribution is 6.32. The molecule has 4 aromatic rings. The summed E-state index contributed by atoms with van der Waals surface area (Å²) < 4.78 is 25.3. The van der Waals surface area contributed by atoms with Gasteiger partial charge in [-0.05, 0) is 111 Å². The zero-order chi connectivity index (χ0) is 40.3. The van der Waals surface area contributed by atoms with Gasteiger partial charge in [0.1, 0.15) is 40.7 Å². The van der Waals surface area contributed by atoms with Crippen molar-refractivity contribution in [1.29, 1.82) is 0 Å². The van der Waals surface area contributed by atoms with Gasteiger partial charge in [-0.1, -0.05) is 59.6 Å². The van der Waals surface area contributed by atoms with E-state index in [-0.39, 0.29) is 30.9 Å². The van der Waals surface area contributed by atoms with Crippen LogP contribution in [0.5, 0.6) is 23.0 Å². The number of carboxylic acid groups (broad SMARTS) is 1. The van der Waals surface area contributed by atoms with Crippen LogP contribution in [-0.2, 0) is 30.7 Å². The van der Waals surface area contributed by atoms with E-state index in [4.69, 9.17) is 42.1 Å². The highest BCUT2D eigenvalue weighted by Crippen LogP contribution is 2.47. The van der Waals surface area contributed by atoms with Gasteiger partial charge in [-0.15, -0.1) is 0 Å². The Labute approximate surface area is 344 Å². The number of nitrogens with one attached hydrogen (secondary N) is 2. The van der Waals surface area contributed by atoms with E-state index >= 15 is 0 Å². The van der Waals surface area contributed by atoms with Crippen LogP contribution in [0.25, 0.3) is 11.1 Å². The number of ether oxygens (including phenoxy) is 4. The first kappa shape index (κ1) is 41.1. The number of aliphatic carboxylic acids is 1. The van der Waals surface area contributed by atoms with Gasteiger partial charge in [-0.3, -0.25) is 10.1 Å². The third-order valence-corrected chi connectivity index (χ3v) is 12.2. The Hall–Kier alpha value is -4.03. The maximum Gasteiger partial charge on any atom is 0.326 e.